The predicted octanol–water partition coefficient (Wildman–Crippen LogP) is 2.74. The van der Waals surface area contributed by atoms with Gasteiger partial charge in [0.1, 0.15) is 5.75 Å². The zero-order valence-corrected chi connectivity index (χ0v) is 11.5. The Labute approximate surface area is 115 Å². The molecular formula is C14H14ClNO3. The van der Waals surface area contributed by atoms with Gasteiger partial charge in [-0.2, -0.15) is 0 Å². The fourth-order valence-corrected chi connectivity index (χ4v) is 1.97. The first-order chi connectivity index (χ1) is 9.01. The number of ether oxygens (including phenoxy) is 1. The first kappa shape index (κ1) is 13.6. The molecule has 1 aromatic carbocycles. The van der Waals surface area contributed by atoms with Crippen molar-refractivity contribution in [1.82, 2.24) is 4.98 Å². The average Bonchev–Trinajstić information content (AvgIpc) is 2.37. The second kappa shape index (κ2) is 5.45. The molecule has 0 atom stereocenters. The van der Waals surface area contributed by atoms with Crippen LogP contribution in [0.3, 0.4) is 0 Å². The number of rotatable bonds is 4. The van der Waals surface area contributed by atoms with Gasteiger partial charge in [-0.3, -0.25) is 9.59 Å². The van der Waals surface area contributed by atoms with Crippen molar-refractivity contribution in [2.75, 3.05) is 5.88 Å². The van der Waals surface area contributed by atoms with Gasteiger partial charge in [-0.15, -0.1) is 11.6 Å². The van der Waals surface area contributed by atoms with Gasteiger partial charge < -0.3 is 9.72 Å². The number of carbonyl (C=O) groups excluding carboxylic acids is 1. The number of benzene rings is 1. The number of aromatic nitrogens is 1. The Hall–Kier alpha value is -1.81. The highest BCUT2D eigenvalue weighted by Gasteiger charge is 2.12. The van der Waals surface area contributed by atoms with E-state index in [1.807, 2.05) is 13.8 Å². The van der Waals surface area contributed by atoms with Gasteiger partial charge in [0.15, 0.2) is 5.78 Å². The minimum absolute atomic E-state index is 0.0618. The smallest absolute Gasteiger partial charge is 0.248 e. The van der Waals surface area contributed by atoms with Gasteiger partial charge in [-0.25, -0.2) is 0 Å². The number of aromatic amines is 1. The Kier molecular flexibility index (Phi) is 3.90. The van der Waals surface area contributed by atoms with Crippen molar-refractivity contribution in [2.24, 2.45) is 0 Å². The van der Waals surface area contributed by atoms with Crippen LogP contribution in [0.15, 0.2) is 29.1 Å². The molecule has 0 amide bonds. The lowest BCUT2D eigenvalue weighted by atomic mass is 10.1. The summed E-state index contributed by atoms with van der Waals surface area (Å²) in [4.78, 5) is 25.8. The molecule has 19 heavy (non-hydrogen) atoms. The Balaban J connectivity index is 2.68. The summed E-state index contributed by atoms with van der Waals surface area (Å²) in [5, 5.41) is 0.742. The lowest BCUT2D eigenvalue weighted by Crippen LogP contribution is -2.10. The minimum atomic E-state index is -0.211. The molecule has 4 nitrogen and oxygen atoms in total. The molecule has 0 unspecified atom stereocenters. The lowest BCUT2D eigenvalue weighted by Gasteiger charge is -2.13. The number of alkyl halides is 1. The highest BCUT2D eigenvalue weighted by molar-refractivity contribution is 6.30. The van der Waals surface area contributed by atoms with Crippen LogP contribution in [0.25, 0.3) is 10.9 Å². The summed E-state index contributed by atoms with van der Waals surface area (Å²) in [5.41, 5.74) is 0.857. The maximum absolute atomic E-state index is 11.7. The van der Waals surface area contributed by atoms with Crippen LogP contribution in [0.4, 0.5) is 0 Å². The van der Waals surface area contributed by atoms with Crippen LogP contribution >= 0.6 is 11.6 Å². The third-order valence-electron chi connectivity index (χ3n) is 2.60. The van der Waals surface area contributed by atoms with E-state index in [9.17, 15) is 9.59 Å². The van der Waals surface area contributed by atoms with E-state index in [4.69, 9.17) is 16.3 Å². The summed E-state index contributed by atoms with van der Waals surface area (Å²) >= 11 is 5.57. The standard InChI is InChI=1S/C14H14ClNO3/c1-8(2)19-12-6-10(11(17)7-15)5-9-3-4-13(18)16-14(9)12/h3-6,8H,7H2,1-2H3,(H,16,18). The van der Waals surface area contributed by atoms with Gasteiger partial charge in [-0.05, 0) is 32.0 Å². The molecule has 0 bridgehead atoms. The molecule has 5 heteroatoms. The number of nitrogens with one attached hydrogen (secondary N) is 1. The molecule has 1 heterocycles. The predicted molar refractivity (Wildman–Crippen MR) is 75.4 cm³/mol. The van der Waals surface area contributed by atoms with E-state index in [0.717, 1.165) is 5.39 Å². The first-order valence-corrected chi connectivity index (χ1v) is 6.47. The van der Waals surface area contributed by atoms with E-state index in [-0.39, 0.29) is 23.3 Å². The summed E-state index contributed by atoms with van der Waals surface area (Å²) < 4.78 is 5.65. The first-order valence-electron chi connectivity index (χ1n) is 5.94. The third-order valence-corrected chi connectivity index (χ3v) is 2.84. The van der Waals surface area contributed by atoms with Crippen molar-refractivity contribution in [3.8, 4) is 5.75 Å². The number of carbonyl (C=O) groups is 1. The van der Waals surface area contributed by atoms with Crippen LogP contribution in [0.1, 0.15) is 24.2 Å². The molecule has 1 N–H and O–H groups in total. The molecule has 2 aromatic rings. The maximum atomic E-state index is 11.7. The maximum Gasteiger partial charge on any atom is 0.248 e. The fourth-order valence-electron chi connectivity index (χ4n) is 1.82. The number of Topliss-reactive ketones (excluding diaryl/α,β-unsaturated/α-hetero) is 1. The number of halogens is 1. The van der Waals surface area contributed by atoms with Gasteiger partial charge in [0, 0.05) is 17.0 Å². The number of hydrogen-bond acceptors (Lipinski definition) is 3. The van der Waals surface area contributed by atoms with E-state index in [0.29, 0.717) is 16.8 Å². The monoisotopic (exact) mass is 279 g/mol. The van der Waals surface area contributed by atoms with E-state index in [1.54, 1.807) is 18.2 Å². The van der Waals surface area contributed by atoms with Crippen molar-refractivity contribution < 1.29 is 9.53 Å². The molecule has 0 spiro atoms. The molecule has 0 aliphatic rings. The Morgan fingerprint density at radius 1 is 1.37 bits per heavy atom. The topological polar surface area (TPSA) is 59.2 Å². The SMILES string of the molecule is CC(C)Oc1cc(C(=O)CCl)cc2ccc(=O)[nH]c12. The van der Waals surface area contributed by atoms with E-state index in [1.165, 1.54) is 6.07 Å². The fraction of sp³-hybridized carbons (Fsp3) is 0.286. The zero-order chi connectivity index (χ0) is 14.0. The van der Waals surface area contributed by atoms with Crippen molar-refractivity contribution >= 4 is 28.3 Å². The van der Waals surface area contributed by atoms with Crippen LogP contribution in [0, 0.1) is 0 Å². The normalized spacial score (nSPS) is 10.9. The van der Waals surface area contributed by atoms with Crippen molar-refractivity contribution in [3.05, 3.63) is 40.2 Å². The summed E-state index contributed by atoms with van der Waals surface area (Å²) in [5.74, 6) is 0.220. The number of fused-ring (bicyclic) bond motifs is 1. The third kappa shape index (κ3) is 2.96. The molecule has 0 saturated carbocycles. The number of ketones is 1. The van der Waals surface area contributed by atoms with Crippen LogP contribution in [-0.2, 0) is 0 Å². The van der Waals surface area contributed by atoms with Gasteiger partial charge in [0.05, 0.1) is 17.5 Å². The molecule has 2 rings (SSSR count). The quantitative estimate of drug-likeness (QED) is 0.691. The van der Waals surface area contributed by atoms with Crippen molar-refractivity contribution in [1.29, 1.82) is 0 Å². The van der Waals surface area contributed by atoms with E-state index in [2.05, 4.69) is 4.98 Å². The summed E-state index contributed by atoms with van der Waals surface area (Å²) in [7, 11) is 0. The zero-order valence-electron chi connectivity index (χ0n) is 10.7. The summed E-state index contributed by atoms with van der Waals surface area (Å²) in [6.07, 6.45) is -0.0618. The van der Waals surface area contributed by atoms with Gasteiger partial charge in [-0.1, -0.05) is 0 Å². The lowest BCUT2D eigenvalue weighted by molar-refractivity contribution is 0.102. The molecule has 0 fully saturated rings. The number of pyridine rings is 1. The second-order valence-electron chi connectivity index (χ2n) is 4.48. The molecule has 0 aliphatic carbocycles. The Morgan fingerprint density at radius 2 is 2.11 bits per heavy atom. The molecular weight excluding hydrogens is 266 g/mol. The average molecular weight is 280 g/mol. The van der Waals surface area contributed by atoms with Gasteiger partial charge in [0.25, 0.3) is 0 Å². The number of hydrogen-bond donors (Lipinski definition) is 1. The van der Waals surface area contributed by atoms with Crippen LogP contribution in [0.5, 0.6) is 5.75 Å². The highest BCUT2D eigenvalue weighted by Crippen LogP contribution is 2.26. The van der Waals surface area contributed by atoms with E-state index < -0.39 is 0 Å². The van der Waals surface area contributed by atoms with Crippen molar-refractivity contribution in [2.45, 2.75) is 20.0 Å². The minimum Gasteiger partial charge on any atom is -0.489 e. The molecule has 0 radical (unpaired) electrons. The molecule has 100 valence electrons. The van der Waals surface area contributed by atoms with Crippen LogP contribution < -0.4 is 10.3 Å². The molecule has 0 saturated heterocycles. The number of H-pyrrole nitrogens is 1. The van der Waals surface area contributed by atoms with Crippen LogP contribution in [0.2, 0.25) is 0 Å². The summed E-state index contributed by atoms with van der Waals surface area (Å²) in [6.45, 7) is 3.76. The van der Waals surface area contributed by atoms with Crippen molar-refractivity contribution in [3.63, 3.8) is 0 Å². The largest absolute Gasteiger partial charge is 0.489 e. The summed E-state index contributed by atoms with van der Waals surface area (Å²) in [6, 6.07) is 6.38. The Morgan fingerprint density at radius 3 is 2.74 bits per heavy atom. The molecule has 1 aromatic heterocycles. The van der Waals surface area contributed by atoms with Crippen LogP contribution in [-0.4, -0.2) is 22.8 Å². The van der Waals surface area contributed by atoms with E-state index >= 15 is 0 Å². The second-order valence-corrected chi connectivity index (χ2v) is 4.75. The highest BCUT2D eigenvalue weighted by atomic mass is 35.5. The molecule has 0 aliphatic heterocycles. The van der Waals surface area contributed by atoms with Gasteiger partial charge in [0.2, 0.25) is 5.56 Å². The van der Waals surface area contributed by atoms with Gasteiger partial charge >= 0.3 is 0 Å². The Bertz CT molecular complexity index is 676.